The van der Waals surface area contributed by atoms with Gasteiger partial charge in [-0.2, -0.15) is 13.2 Å². The number of aliphatic hydroxyl groups excluding tert-OH is 1. The summed E-state index contributed by atoms with van der Waals surface area (Å²) in [6.45, 7) is 0.476. The Hall–Kier alpha value is -4.17. The number of ether oxygens (including phenoxy) is 2. The molecule has 2 aliphatic heterocycles. The molecule has 45 heavy (non-hydrogen) atoms. The lowest BCUT2D eigenvalue weighted by Crippen LogP contribution is -2.42. The second-order valence-corrected chi connectivity index (χ2v) is 11.8. The largest absolute Gasteiger partial charge is 0.491 e. The van der Waals surface area contributed by atoms with Crippen molar-refractivity contribution in [3.63, 3.8) is 0 Å². The molecule has 0 aliphatic carbocycles. The number of aliphatic hydroxyl groups is 1. The molecule has 8 nitrogen and oxygen atoms in total. The second-order valence-electron chi connectivity index (χ2n) is 9.98. The number of benzene rings is 3. The highest BCUT2D eigenvalue weighted by Gasteiger charge is 2.46. The Labute approximate surface area is 263 Å². The van der Waals surface area contributed by atoms with E-state index < -0.39 is 35.3 Å². The molecule has 14 heteroatoms. The summed E-state index contributed by atoms with van der Waals surface area (Å²) >= 11 is 6.47. The van der Waals surface area contributed by atoms with Crippen LogP contribution in [0.2, 0.25) is 5.02 Å². The third-order valence-electron chi connectivity index (χ3n) is 6.39. The highest BCUT2D eigenvalue weighted by molar-refractivity contribution is 8.15. The maximum Gasteiger partial charge on any atom is 0.491 e. The Kier molecular flexibility index (Phi) is 9.63. The average Bonchev–Trinajstić information content (AvgIpc) is 3.42. The van der Waals surface area contributed by atoms with Gasteiger partial charge in [-0.3, -0.25) is 4.18 Å². The molecule has 0 fully saturated rings. The standard InChI is InChI=1S/C31H26ClF4N3O5S/c1-30(18-40,43-29(41)31(34,35)36)44-45-13-12-24-27(37-19-39(28(24)45)16-20-6-3-2-4-7-20)38-23-10-11-26(25(32)15-23)42-17-21-8-5-9-22(33)14-21/h2-15,19,38,40H,16-18H2,1H3. The van der Waals surface area contributed by atoms with Gasteiger partial charge in [0, 0.05) is 24.7 Å². The first-order valence-electron chi connectivity index (χ1n) is 13.4. The van der Waals surface area contributed by atoms with Crippen LogP contribution in [0.5, 0.6) is 5.75 Å². The van der Waals surface area contributed by atoms with E-state index in [1.54, 1.807) is 53.1 Å². The molecule has 0 bridgehead atoms. The number of nitrogens with zero attached hydrogens (tertiary/aromatic N) is 2. The van der Waals surface area contributed by atoms with Crippen LogP contribution in [0, 0.1) is 5.82 Å². The normalized spacial score (nSPS) is 17.3. The number of fused-ring (bicyclic) bond motifs is 1. The number of carbonyl (C=O) groups excluding carboxylic acids is 1. The first-order valence-corrected chi connectivity index (χ1v) is 15.0. The van der Waals surface area contributed by atoms with E-state index in [0.717, 1.165) is 12.5 Å². The summed E-state index contributed by atoms with van der Waals surface area (Å²) in [6.07, 6.45) is -2.06. The van der Waals surface area contributed by atoms with Crippen LogP contribution in [0.15, 0.2) is 101 Å². The predicted molar refractivity (Wildman–Crippen MR) is 164 cm³/mol. The van der Waals surface area contributed by atoms with Crippen LogP contribution in [-0.4, -0.2) is 45.9 Å². The summed E-state index contributed by atoms with van der Waals surface area (Å²) in [7, 11) is -1.37. The maximum atomic E-state index is 13.5. The van der Waals surface area contributed by atoms with E-state index >= 15 is 0 Å². The molecule has 0 radical (unpaired) electrons. The third kappa shape index (κ3) is 7.92. The highest BCUT2D eigenvalue weighted by atomic mass is 35.5. The number of alkyl halides is 3. The van der Waals surface area contributed by atoms with Crippen molar-refractivity contribution in [1.82, 2.24) is 4.90 Å². The van der Waals surface area contributed by atoms with Crippen LogP contribution < -0.4 is 10.1 Å². The van der Waals surface area contributed by atoms with Crippen LogP contribution in [0.3, 0.4) is 0 Å². The second kappa shape index (κ2) is 13.4. The van der Waals surface area contributed by atoms with E-state index in [2.05, 4.69) is 15.0 Å². The fourth-order valence-electron chi connectivity index (χ4n) is 4.27. The number of anilines is 1. The molecule has 0 aromatic heterocycles. The number of hydrogen-bond donors (Lipinski definition) is 2. The first-order chi connectivity index (χ1) is 21.4. The van der Waals surface area contributed by atoms with Gasteiger partial charge in [-0.1, -0.05) is 54.1 Å². The number of carbonyl (C=O) groups is 1. The van der Waals surface area contributed by atoms with E-state index in [0.29, 0.717) is 39.9 Å². The van der Waals surface area contributed by atoms with Crippen molar-refractivity contribution in [3.05, 3.63) is 118 Å². The minimum Gasteiger partial charge on any atom is -0.487 e. The Balaban J connectivity index is 1.41. The van der Waals surface area contributed by atoms with Gasteiger partial charge in [0.2, 0.25) is 5.79 Å². The van der Waals surface area contributed by atoms with Crippen LogP contribution >= 0.6 is 22.4 Å². The van der Waals surface area contributed by atoms with Gasteiger partial charge in [0.25, 0.3) is 0 Å². The molecular weight excluding hydrogens is 638 g/mol. The van der Waals surface area contributed by atoms with E-state index in [9.17, 15) is 27.5 Å². The number of halogens is 5. The summed E-state index contributed by atoms with van der Waals surface area (Å²) in [5, 5.41) is 14.9. The van der Waals surface area contributed by atoms with E-state index in [-0.39, 0.29) is 17.4 Å². The van der Waals surface area contributed by atoms with Crippen LogP contribution in [0.1, 0.15) is 18.1 Å². The average molecular weight is 664 g/mol. The molecule has 0 spiro atoms. The maximum absolute atomic E-state index is 13.5. The zero-order chi connectivity index (χ0) is 32.2. The van der Waals surface area contributed by atoms with Gasteiger partial charge < -0.3 is 24.8 Å². The van der Waals surface area contributed by atoms with Crippen LogP contribution in [0.4, 0.5) is 23.2 Å². The van der Waals surface area contributed by atoms with Crippen molar-refractivity contribution < 1.29 is 41.1 Å². The van der Waals surface area contributed by atoms with Gasteiger partial charge >= 0.3 is 12.1 Å². The summed E-state index contributed by atoms with van der Waals surface area (Å²) in [5.41, 5.74) is 2.66. The molecule has 2 atom stereocenters. The molecule has 2 aliphatic rings. The summed E-state index contributed by atoms with van der Waals surface area (Å²) in [4.78, 5) is 18.4. The van der Waals surface area contributed by atoms with Gasteiger partial charge in [-0.05, 0) is 63.7 Å². The molecule has 3 aromatic carbocycles. The third-order valence-corrected chi connectivity index (χ3v) is 8.43. The summed E-state index contributed by atoms with van der Waals surface area (Å²) < 4.78 is 68.5. The first kappa shape index (κ1) is 32.2. The van der Waals surface area contributed by atoms with Crippen molar-refractivity contribution in [2.45, 2.75) is 32.0 Å². The number of nitrogens with one attached hydrogen (secondary N) is 1. The summed E-state index contributed by atoms with van der Waals surface area (Å²) in [5.74, 6) is -4.39. The Bertz CT molecular complexity index is 1710. The zero-order valence-electron chi connectivity index (χ0n) is 23.6. The van der Waals surface area contributed by atoms with E-state index in [1.165, 1.54) is 12.1 Å². The lowest BCUT2D eigenvalue weighted by atomic mass is 10.1. The molecule has 2 N–H and O–H groups in total. The topological polar surface area (TPSA) is 92.6 Å². The molecule has 3 aromatic rings. The Morgan fingerprint density at radius 2 is 1.82 bits per heavy atom. The summed E-state index contributed by atoms with van der Waals surface area (Å²) in [6, 6.07) is 20.4. The smallest absolute Gasteiger partial charge is 0.487 e. The molecule has 2 heterocycles. The van der Waals surface area contributed by atoms with Crippen molar-refractivity contribution in [3.8, 4) is 5.75 Å². The van der Waals surface area contributed by atoms with Crippen molar-refractivity contribution >= 4 is 45.3 Å². The van der Waals surface area contributed by atoms with Crippen molar-refractivity contribution in [2.24, 2.45) is 4.99 Å². The molecule has 2 unspecified atom stereocenters. The van der Waals surface area contributed by atoms with Gasteiger partial charge in [0.1, 0.15) is 35.6 Å². The predicted octanol–water partition coefficient (Wildman–Crippen LogP) is 6.90. The SMILES string of the molecule is CC(CO)(OC(=O)C(F)(F)F)OS1=C2C(=C(Nc3ccc(OCc4cccc(F)c4)c(Cl)c3)N=CN2Cc2ccccc2)C=C1. The fraction of sp³-hybridized carbons (Fsp3) is 0.194. The van der Waals surface area contributed by atoms with Gasteiger partial charge in [0.05, 0.1) is 11.4 Å². The minimum atomic E-state index is -5.28. The number of esters is 1. The quantitative estimate of drug-likeness (QED) is 0.0998. The Morgan fingerprint density at radius 1 is 1.07 bits per heavy atom. The molecule has 0 saturated carbocycles. The highest BCUT2D eigenvalue weighted by Crippen LogP contribution is 2.40. The van der Waals surface area contributed by atoms with Crippen molar-refractivity contribution in [1.29, 1.82) is 0 Å². The Morgan fingerprint density at radius 3 is 2.51 bits per heavy atom. The van der Waals surface area contributed by atoms with Gasteiger partial charge in [-0.25, -0.2) is 14.2 Å². The van der Waals surface area contributed by atoms with Crippen LogP contribution in [-0.2, 0) is 26.9 Å². The van der Waals surface area contributed by atoms with E-state index in [4.69, 9.17) is 20.5 Å². The molecule has 5 rings (SSSR count). The fourth-order valence-corrected chi connectivity index (χ4v) is 6.22. The number of hydrogen-bond acceptors (Lipinski definition) is 8. The molecule has 236 valence electrons. The minimum absolute atomic E-state index is 0.109. The molecule has 0 saturated heterocycles. The van der Waals surface area contributed by atoms with Crippen molar-refractivity contribution in [2.75, 3.05) is 11.9 Å². The zero-order valence-corrected chi connectivity index (χ0v) is 25.1. The number of aliphatic imine (C=N–C) groups is 1. The van der Waals surface area contributed by atoms with Gasteiger partial charge in [0.15, 0.2) is 0 Å². The van der Waals surface area contributed by atoms with Crippen LogP contribution in [0.25, 0.3) is 0 Å². The molecule has 0 amide bonds. The lowest BCUT2D eigenvalue weighted by molar-refractivity contribution is -0.240. The van der Waals surface area contributed by atoms with Gasteiger partial charge in [-0.15, -0.1) is 0 Å². The molecular formula is C31H26ClF4N3O5S. The lowest BCUT2D eigenvalue weighted by Gasteiger charge is -2.31. The monoisotopic (exact) mass is 663 g/mol. The number of rotatable bonds is 11. The van der Waals surface area contributed by atoms with E-state index in [1.807, 2.05) is 30.3 Å².